The summed E-state index contributed by atoms with van der Waals surface area (Å²) in [5, 5.41) is 5.55. The number of thiophene rings is 1. The largest absolute Gasteiger partial charge is 0.360 e. The number of hydrogen-bond acceptors (Lipinski definition) is 6. The smallest absolute Gasteiger partial charge is 0.269 e. The molecule has 0 spiro atoms. The van der Waals surface area contributed by atoms with Gasteiger partial charge in [0.25, 0.3) is 10.0 Å². The van der Waals surface area contributed by atoms with Crippen molar-refractivity contribution in [2.75, 3.05) is 0 Å². The molecule has 0 aromatic carbocycles. The SMILES string of the molecule is Cc1noc(C)c1S(=O)(=O)NC(=O)CCCc1cccs1. The molecule has 0 saturated carbocycles. The van der Waals surface area contributed by atoms with E-state index in [4.69, 9.17) is 4.52 Å². The molecule has 0 saturated heterocycles. The van der Waals surface area contributed by atoms with E-state index in [1.165, 1.54) is 18.7 Å². The Morgan fingerprint density at radius 1 is 1.43 bits per heavy atom. The van der Waals surface area contributed by atoms with Crippen LogP contribution in [0, 0.1) is 13.8 Å². The van der Waals surface area contributed by atoms with E-state index in [1.807, 2.05) is 17.5 Å². The summed E-state index contributed by atoms with van der Waals surface area (Å²) in [4.78, 5) is 12.9. The second-order valence-electron chi connectivity index (χ2n) is 4.61. The second kappa shape index (κ2) is 6.40. The number of nitrogens with one attached hydrogen (secondary N) is 1. The molecule has 0 aliphatic carbocycles. The maximum absolute atomic E-state index is 12.1. The average Bonchev–Trinajstić information content (AvgIpc) is 2.99. The highest BCUT2D eigenvalue weighted by atomic mass is 32.2. The van der Waals surface area contributed by atoms with Gasteiger partial charge in [0.1, 0.15) is 5.69 Å². The third-order valence-electron chi connectivity index (χ3n) is 2.89. The quantitative estimate of drug-likeness (QED) is 0.878. The highest BCUT2D eigenvalue weighted by Crippen LogP contribution is 2.18. The molecule has 6 nitrogen and oxygen atoms in total. The van der Waals surface area contributed by atoms with E-state index in [0.29, 0.717) is 6.42 Å². The number of carbonyl (C=O) groups is 1. The number of sulfonamides is 1. The third kappa shape index (κ3) is 3.92. The summed E-state index contributed by atoms with van der Waals surface area (Å²) in [7, 11) is -3.91. The van der Waals surface area contributed by atoms with Crippen LogP contribution in [-0.2, 0) is 21.2 Å². The normalized spacial score (nSPS) is 11.5. The van der Waals surface area contributed by atoms with Crippen LogP contribution in [0.25, 0.3) is 0 Å². The molecule has 2 aromatic rings. The zero-order valence-corrected chi connectivity index (χ0v) is 13.4. The van der Waals surface area contributed by atoms with Crippen molar-refractivity contribution in [2.45, 2.75) is 38.0 Å². The van der Waals surface area contributed by atoms with Crippen LogP contribution >= 0.6 is 11.3 Å². The minimum Gasteiger partial charge on any atom is -0.360 e. The lowest BCUT2D eigenvalue weighted by Crippen LogP contribution is -2.31. The van der Waals surface area contributed by atoms with Crippen molar-refractivity contribution in [1.29, 1.82) is 0 Å². The Bertz CT molecular complexity index is 698. The Balaban J connectivity index is 1.93. The Labute approximate surface area is 127 Å². The molecule has 0 aliphatic heterocycles. The number of amides is 1. The molecule has 1 amide bonds. The molecule has 8 heteroatoms. The van der Waals surface area contributed by atoms with Crippen molar-refractivity contribution in [3.8, 4) is 0 Å². The number of rotatable bonds is 6. The zero-order chi connectivity index (χ0) is 15.5. The first-order valence-electron chi connectivity index (χ1n) is 6.41. The van der Waals surface area contributed by atoms with Gasteiger partial charge in [-0.25, -0.2) is 13.1 Å². The summed E-state index contributed by atoms with van der Waals surface area (Å²) in [5.41, 5.74) is 0.242. The topological polar surface area (TPSA) is 89.3 Å². The van der Waals surface area contributed by atoms with Gasteiger partial charge in [0.15, 0.2) is 10.7 Å². The molecular formula is C13H16N2O4S2. The molecule has 0 atom stereocenters. The summed E-state index contributed by atoms with van der Waals surface area (Å²) < 4.78 is 31.1. The van der Waals surface area contributed by atoms with E-state index in [-0.39, 0.29) is 22.8 Å². The number of hydrogen-bond donors (Lipinski definition) is 1. The van der Waals surface area contributed by atoms with Gasteiger partial charge in [0.05, 0.1) is 0 Å². The van der Waals surface area contributed by atoms with Crippen LogP contribution < -0.4 is 4.72 Å². The molecular weight excluding hydrogens is 312 g/mol. The van der Waals surface area contributed by atoms with Crippen LogP contribution in [0.3, 0.4) is 0 Å². The van der Waals surface area contributed by atoms with Crippen molar-refractivity contribution < 1.29 is 17.7 Å². The number of aryl methyl sites for hydroxylation is 3. The standard InChI is InChI=1S/C13H16N2O4S2/c1-9-13(10(2)19-14-9)21(17,18)15-12(16)7-3-5-11-6-4-8-20-11/h4,6,8H,3,5,7H2,1-2H3,(H,15,16). The Morgan fingerprint density at radius 2 is 2.19 bits per heavy atom. The summed E-state index contributed by atoms with van der Waals surface area (Å²) in [6.45, 7) is 3.02. The van der Waals surface area contributed by atoms with E-state index in [1.54, 1.807) is 11.3 Å². The lowest BCUT2D eigenvalue weighted by Gasteiger charge is -2.06. The highest BCUT2D eigenvalue weighted by Gasteiger charge is 2.25. The number of aromatic nitrogens is 1. The molecule has 21 heavy (non-hydrogen) atoms. The molecule has 0 aliphatic rings. The predicted molar refractivity (Wildman–Crippen MR) is 78.6 cm³/mol. The summed E-state index contributed by atoms with van der Waals surface area (Å²) in [6, 6.07) is 3.94. The predicted octanol–water partition coefficient (Wildman–Crippen LogP) is 2.18. The van der Waals surface area contributed by atoms with Crippen LogP contribution in [-0.4, -0.2) is 19.5 Å². The first kappa shape index (κ1) is 15.7. The van der Waals surface area contributed by atoms with Crippen molar-refractivity contribution in [1.82, 2.24) is 9.88 Å². The van der Waals surface area contributed by atoms with Crippen LogP contribution in [0.5, 0.6) is 0 Å². The van der Waals surface area contributed by atoms with Gasteiger partial charge in [-0.3, -0.25) is 4.79 Å². The monoisotopic (exact) mass is 328 g/mol. The van der Waals surface area contributed by atoms with Crippen molar-refractivity contribution in [3.63, 3.8) is 0 Å². The van der Waals surface area contributed by atoms with Gasteiger partial charge < -0.3 is 4.52 Å². The molecule has 0 fully saturated rings. The first-order valence-corrected chi connectivity index (χ1v) is 8.77. The summed E-state index contributed by atoms with van der Waals surface area (Å²) in [5.74, 6) is -0.349. The maximum atomic E-state index is 12.1. The summed E-state index contributed by atoms with van der Waals surface area (Å²) in [6.07, 6.45) is 1.51. The molecule has 2 aromatic heterocycles. The van der Waals surface area contributed by atoms with Gasteiger partial charge >= 0.3 is 0 Å². The van der Waals surface area contributed by atoms with Crippen LogP contribution in [0.2, 0.25) is 0 Å². The molecule has 2 heterocycles. The van der Waals surface area contributed by atoms with E-state index >= 15 is 0 Å². The first-order chi connectivity index (χ1) is 9.90. The molecule has 1 N–H and O–H groups in total. The van der Waals surface area contributed by atoms with Crippen LogP contribution in [0.15, 0.2) is 26.9 Å². The van der Waals surface area contributed by atoms with E-state index in [9.17, 15) is 13.2 Å². The Hall–Kier alpha value is -1.67. The minimum atomic E-state index is -3.91. The van der Waals surface area contributed by atoms with Gasteiger partial charge in [-0.05, 0) is 38.1 Å². The van der Waals surface area contributed by atoms with Gasteiger partial charge in [-0.15, -0.1) is 11.3 Å². The average molecular weight is 328 g/mol. The fraction of sp³-hybridized carbons (Fsp3) is 0.385. The van der Waals surface area contributed by atoms with E-state index in [2.05, 4.69) is 9.88 Å². The van der Waals surface area contributed by atoms with Crippen molar-refractivity contribution in [2.24, 2.45) is 0 Å². The molecule has 0 unspecified atom stereocenters. The fourth-order valence-electron chi connectivity index (χ4n) is 1.99. The molecule has 0 radical (unpaired) electrons. The van der Waals surface area contributed by atoms with Gasteiger partial charge in [0.2, 0.25) is 5.91 Å². The second-order valence-corrected chi connectivity index (χ2v) is 7.27. The fourth-order valence-corrected chi connectivity index (χ4v) is 4.09. The lowest BCUT2D eigenvalue weighted by atomic mass is 10.2. The van der Waals surface area contributed by atoms with Crippen molar-refractivity contribution >= 4 is 27.3 Å². The van der Waals surface area contributed by atoms with Crippen molar-refractivity contribution in [3.05, 3.63) is 33.8 Å². The Morgan fingerprint density at radius 3 is 2.76 bits per heavy atom. The molecule has 2 rings (SSSR count). The summed E-state index contributed by atoms with van der Waals surface area (Å²) >= 11 is 1.62. The third-order valence-corrected chi connectivity index (χ3v) is 5.44. The minimum absolute atomic E-state index is 0.0610. The van der Waals surface area contributed by atoms with Crippen LogP contribution in [0.4, 0.5) is 0 Å². The maximum Gasteiger partial charge on any atom is 0.269 e. The van der Waals surface area contributed by atoms with E-state index in [0.717, 1.165) is 6.42 Å². The number of carbonyl (C=O) groups excluding carboxylic acids is 1. The van der Waals surface area contributed by atoms with Gasteiger partial charge in [-0.2, -0.15) is 0 Å². The van der Waals surface area contributed by atoms with E-state index < -0.39 is 15.9 Å². The lowest BCUT2D eigenvalue weighted by molar-refractivity contribution is -0.119. The van der Waals surface area contributed by atoms with Gasteiger partial charge in [-0.1, -0.05) is 11.2 Å². The molecule has 0 bridgehead atoms. The number of nitrogens with zero attached hydrogens (tertiary/aromatic N) is 1. The molecule has 114 valence electrons. The van der Waals surface area contributed by atoms with Gasteiger partial charge in [0, 0.05) is 11.3 Å². The zero-order valence-electron chi connectivity index (χ0n) is 11.8. The highest BCUT2D eigenvalue weighted by molar-refractivity contribution is 7.90. The van der Waals surface area contributed by atoms with Crippen LogP contribution in [0.1, 0.15) is 29.2 Å². The Kier molecular flexibility index (Phi) is 4.79.